The highest BCUT2D eigenvalue weighted by Crippen LogP contribution is 2.30. The van der Waals surface area contributed by atoms with Crippen LogP contribution in [0.1, 0.15) is 16.7 Å². The zero-order valence-electron chi connectivity index (χ0n) is 11.8. The molecule has 0 atom stereocenters. The zero-order valence-corrected chi connectivity index (χ0v) is 15.0. The summed E-state index contributed by atoms with van der Waals surface area (Å²) in [6.45, 7) is 2.34. The SMILES string of the molecule is COc1ccc(COc2c(C)cc(Br)cc2CO)cc1Br. The third-order valence-electron chi connectivity index (χ3n) is 3.09. The van der Waals surface area contributed by atoms with E-state index in [0.29, 0.717) is 6.61 Å². The predicted octanol–water partition coefficient (Wildman–Crippen LogP) is 4.60. The van der Waals surface area contributed by atoms with Gasteiger partial charge < -0.3 is 14.6 Å². The second-order valence-electron chi connectivity index (χ2n) is 4.63. The molecule has 21 heavy (non-hydrogen) atoms. The standard InChI is InChI=1S/C16H16Br2O3/c1-10-5-13(17)7-12(8-19)16(10)21-9-11-3-4-15(20-2)14(18)6-11/h3-7,19H,8-9H2,1-2H3. The first-order chi connectivity index (χ1) is 10.0. The van der Waals surface area contributed by atoms with Crippen LogP contribution in [0.15, 0.2) is 39.3 Å². The summed E-state index contributed by atoms with van der Waals surface area (Å²) in [4.78, 5) is 0. The second-order valence-corrected chi connectivity index (χ2v) is 6.40. The minimum Gasteiger partial charge on any atom is -0.496 e. The summed E-state index contributed by atoms with van der Waals surface area (Å²) in [5, 5.41) is 9.45. The van der Waals surface area contributed by atoms with Crippen molar-refractivity contribution in [1.82, 2.24) is 0 Å². The lowest BCUT2D eigenvalue weighted by Gasteiger charge is -2.14. The van der Waals surface area contributed by atoms with Gasteiger partial charge >= 0.3 is 0 Å². The van der Waals surface area contributed by atoms with Gasteiger partial charge in [0, 0.05) is 10.0 Å². The molecule has 0 heterocycles. The minimum absolute atomic E-state index is 0.0537. The number of ether oxygens (including phenoxy) is 2. The number of benzene rings is 2. The van der Waals surface area contributed by atoms with Gasteiger partial charge in [0.15, 0.2) is 0 Å². The Kier molecular flexibility index (Phi) is 5.67. The Hall–Kier alpha value is -1.04. The lowest BCUT2D eigenvalue weighted by Crippen LogP contribution is -2.01. The fourth-order valence-corrected chi connectivity index (χ4v) is 3.29. The van der Waals surface area contributed by atoms with Crippen LogP contribution in [-0.2, 0) is 13.2 Å². The maximum absolute atomic E-state index is 9.45. The van der Waals surface area contributed by atoms with Crippen molar-refractivity contribution in [2.75, 3.05) is 7.11 Å². The van der Waals surface area contributed by atoms with Crippen molar-refractivity contribution >= 4 is 31.9 Å². The maximum Gasteiger partial charge on any atom is 0.133 e. The quantitative estimate of drug-likeness (QED) is 0.775. The third kappa shape index (κ3) is 3.99. The molecule has 0 spiro atoms. The minimum atomic E-state index is -0.0537. The summed E-state index contributed by atoms with van der Waals surface area (Å²) in [5.41, 5.74) is 2.78. The summed E-state index contributed by atoms with van der Waals surface area (Å²) >= 11 is 6.88. The van der Waals surface area contributed by atoms with Crippen molar-refractivity contribution < 1.29 is 14.6 Å². The summed E-state index contributed by atoms with van der Waals surface area (Å²) in [6.07, 6.45) is 0. The molecule has 112 valence electrons. The molecule has 0 bridgehead atoms. The molecule has 1 N–H and O–H groups in total. The normalized spacial score (nSPS) is 10.5. The van der Waals surface area contributed by atoms with E-state index in [2.05, 4.69) is 31.9 Å². The van der Waals surface area contributed by atoms with Crippen LogP contribution in [0.4, 0.5) is 0 Å². The van der Waals surface area contributed by atoms with Crippen LogP contribution < -0.4 is 9.47 Å². The highest BCUT2D eigenvalue weighted by Gasteiger charge is 2.09. The van der Waals surface area contributed by atoms with E-state index in [1.165, 1.54) is 0 Å². The molecule has 0 unspecified atom stereocenters. The molecule has 3 nitrogen and oxygen atoms in total. The van der Waals surface area contributed by atoms with Crippen molar-refractivity contribution in [3.05, 3.63) is 56.0 Å². The monoisotopic (exact) mass is 414 g/mol. The Balaban J connectivity index is 2.18. The molecule has 2 rings (SSSR count). The van der Waals surface area contributed by atoms with Gasteiger partial charge in [0.05, 0.1) is 18.2 Å². The van der Waals surface area contributed by atoms with Crippen LogP contribution in [0.5, 0.6) is 11.5 Å². The second kappa shape index (κ2) is 7.29. The Bertz CT molecular complexity index is 642. The molecule has 5 heteroatoms. The summed E-state index contributed by atoms with van der Waals surface area (Å²) in [6, 6.07) is 9.65. The van der Waals surface area contributed by atoms with E-state index in [9.17, 15) is 5.11 Å². The molecule has 0 amide bonds. The van der Waals surface area contributed by atoms with Gasteiger partial charge in [-0.1, -0.05) is 22.0 Å². The van der Waals surface area contributed by atoms with Crippen LogP contribution in [0.2, 0.25) is 0 Å². The van der Waals surface area contributed by atoms with Gasteiger partial charge in [0.25, 0.3) is 0 Å². The number of halogens is 2. The fourth-order valence-electron chi connectivity index (χ4n) is 2.08. The lowest BCUT2D eigenvalue weighted by atomic mass is 10.1. The molecule has 0 aliphatic rings. The van der Waals surface area contributed by atoms with Crippen LogP contribution in [-0.4, -0.2) is 12.2 Å². The molecule has 2 aromatic carbocycles. The van der Waals surface area contributed by atoms with E-state index < -0.39 is 0 Å². The molecule has 0 aliphatic carbocycles. The van der Waals surface area contributed by atoms with Gasteiger partial charge in [-0.25, -0.2) is 0 Å². The largest absolute Gasteiger partial charge is 0.496 e. The third-order valence-corrected chi connectivity index (χ3v) is 4.16. The first-order valence-corrected chi connectivity index (χ1v) is 7.99. The van der Waals surface area contributed by atoms with Gasteiger partial charge in [-0.05, 0) is 58.2 Å². The van der Waals surface area contributed by atoms with Gasteiger partial charge in [-0.2, -0.15) is 0 Å². The molecule has 0 saturated carbocycles. The first-order valence-electron chi connectivity index (χ1n) is 6.40. The van der Waals surface area contributed by atoms with Crippen LogP contribution in [0, 0.1) is 6.92 Å². The van der Waals surface area contributed by atoms with Gasteiger partial charge in [0.1, 0.15) is 18.1 Å². The van der Waals surface area contributed by atoms with E-state index in [-0.39, 0.29) is 6.61 Å². The Morgan fingerprint density at radius 1 is 1.14 bits per heavy atom. The molecule has 0 saturated heterocycles. The molecule has 2 aromatic rings. The van der Waals surface area contributed by atoms with Crippen molar-refractivity contribution in [3.8, 4) is 11.5 Å². The smallest absolute Gasteiger partial charge is 0.133 e. The van der Waals surface area contributed by atoms with Crippen LogP contribution >= 0.6 is 31.9 Å². The predicted molar refractivity (Wildman–Crippen MR) is 89.8 cm³/mol. The summed E-state index contributed by atoms with van der Waals surface area (Å²) in [5.74, 6) is 1.52. The van der Waals surface area contributed by atoms with Crippen molar-refractivity contribution in [2.45, 2.75) is 20.1 Å². The van der Waals surface area contributed by atoms with Gasteiger partial charge in [-0.15, -0.1) is 0 Å². The number of aliphatic hydroxyl groups excluding tert-OH is 1. The summed E-state index contributed by atoms with van der Waals surface area (Å²) < 4.78 is 12.9. The topological polar surface area (TPSA) is 38.7 Å². The molecular weight excluding hydrogens is 400 g/mol. The average Bonchev–Trinajstić information content (AvgIpc) is 2.45. The van der Waals surface area contributed by atoms with Crippen LogP contribution in [0.25, 0.3) is 0 Å². The Labute approximate surface area is 141 Å². The highest BCUT2D eigenvalue weighted by molar-refractivity contribution is 9.10. The number of aliphatic hydroxyl groups is 1. The molecule has 0 fully saturated rings. The Morgan fingerprint density at radius 2 is 1.90 bits per heavy atom. The summed E-state index contributed by atoms with van der Waals surface area (Å²) in [7, 11) is 1.63. The van der Waals surface area contributed by atoms with Gasteiger partial charge in [-0.3, -0.25) is 0 Å². The van der Waals surface area contributed by atoms with Crippen molar-refractivity contribution in [3.63, 3.8) is 0 Å². The zero-order chi connectivity index (χ0) is 15.4. The van der Waals surface area contributed by atoms with E-state index in [1.54, 1.807) is 7.11 Å². The van der Waals surface area contributed by atoms with Crippen molar-refractivity contribution in [2.24, 2.45) is 0 Å². The maximum atomic E-state index is 9.45. The number of hydrogen-bond donors (Lipinski definition) is 1. The highest BCUT2D eigenvalue weighted by atomic mass is 79.9. The van der Waals surface area contributed by atoms with E-state index in [0.717, 1.165) is 37.1 Å². The van der Waals surface area contributed by atoms with Crippen molar-refractivity contribution in [1.29, 1.82) is 0 Å². The number of rotatable bonds is 5. The molecule has 0 radical (unpaired) electrons. The number of hydrogen-bond acceptors (Lipinski definition) is 3. The van der Waals surface area contributed by atoms with E-state index >= 15 is 0 Å². The molecule has 0 aliphatic heterocycles. The van der Waals surface area contributed by atoms with Crippen LogP contribution in [0.3, 0.4) is 0 Å². The average molecular weight is 416 g/mol. The Morgan fingerprint density at radius 3 is 2.52 bits per heavy atom. The number of methoxy groups -OCH3 is 1. The first kappa shape index (κ1) is 16.3. The lowest BCUT2D eigenvalue weighted by molar-refractivity contribution is 0.258. The van der Waals surface area contributed by atoms with E-state index in [4.69, 9.17) is 9.47 Å². The fraction of sp³-hybridized carbons (Fsp3) is 0.250. The molecular formula is C16H16Br2O3. The van der Waals surface area contributed by atoms with Gasteiger partial charge in [0.2, 0.25) is 0 Å². The number of aryl methyl sites for hydroxylation is 1. The molecule has 0 aromatic heterocycles. The van der Waals surface area contributed by atoms with E-state index in [1.807, 2.05) is 37.3 Å².